The van der Waals surface area contributed by atoms with Gasteiger partial charge in [-0.25, -0.2) is 4.98 Å². The molecule has 0 fully saturated rings. The average molecular weight is 545 g/mol. The highest BCUT2D eigenvalue weighted by atomic mass is 15.1. The van der Waals surface area contributed by atoms with Crippen LogP contribution < -0.4 is 0 Å². The van der Waals surface area contributed by atoms with Crippen molar-refractivity contribution >= 4 is 0 Å². The van der Waals surface area contributed by atoms with E-state index in [1.807, 2.05) is 0 Å². The van der Waals surface area contributed by atoms with Gasteiger partial charge in [-0.1, -0.05) is 181 Å². The topological polar surface area (TPSA) is 17.8 Å². The van der Waals surface area contributed by atoms with E-state index < -0.39 is 0 Å². The van der Waals surface area contributed by atoms with Crippen LogP contribution in [-0.4, -0.2) is 9.55 Å². The Kier molecular flexibility index (Phi) is 25.4. The summed E-state index contributed by atoms with van der Waals surface area (Å²) in [6.07, 6.45) is 43.8. The van der Waals surface area contributed by atoms with Gasteiger partial charge in [-0.3, -0.25) is 0 Å². The largest absolute Gasteiger partial charge is 0.332 e. The molecule has 2 nitrogen and oxygen atoms in total. The fourth-order valence-corrected chi connectivity index (χ4v) is 6.35. The molecule has 0 N–H and O–H groups in total. The van der Waals surface area contributed by atoms with E-state index in [0.29, 0.717) is 12.0 Å². The number of hydrogen-bond donors (Lipinski definition) is 0. The summed E-state index contributed by atoms with van der Waals surface area (Å²) >= 11 is 0. The molecule has 0 aliphatic carbocycles. The van der Waals surface area contributed by atoms with Gasteiger partial charge in [0, 0.05) is 24.4 Å². The standard InChI is InChI=1S/C37H72N2/c1-5-8-11-14-17-18-19-20-21-22-23-24-27-30-35(4)39-34-33-38-37(39)36(31-28-25-15-12-9-6-2)32-29-26-16-13-10-7-3/h33-36H,5-32H2,1-4H3. The Balaban J connectivity index is 2.34. The number of imidazole rings is 1. The van der Waals surface area contributed by atoms with Crippen molar-refractivity contribution in [2.24, 2.45) is 0 Å². The van der Waals surface area contributed by atoms with Gasteiger partial charge in [-0.15, -0.1) is 0 Å². The second kappa shape index (κ2) is 27.4. The molecule has 39 heavy (non-hydrogen) atoms. The van der Waals surface area contributed by atoms with Crippen LogP contribution in [0.2, 0.25) is 0 Å². The molecule has 0 aliphatic rings. The van der Waals surface area contributed by atoms with E-state index in [-0.39, 0.29) is 0 Å². The third-order valence-corrected chi connectivity index (χ3v) is 9.08. The highest BCUT2D eigenvalue weighted by Gasteiger charge is 2.19. The average Bonchev–Trinajstić information content (AvgIpc) is 3.44. The second-order valence-electron chi connectivity index (χ2n) is 12.9. The molecule has 1 aromatic rings. The van der Waals surface area contributed by atoms with Gasteiger partial charge in [-0.2, -0.15) is 0 Å². The normalized spacial score (nSPS) is 12.5. The van der Waals surface area contributed by atoms with Gasteiger partial charge in [0.1, 0.15) is 5.82 Å². The first-order valence-corrected chi connectivity index (χ1v) is 18.3. The predicted molar refractivity (Wildman–Crippen MR) is 176 cm³/mol. The van der Waals surface area contributed by atoms with Crippen LogP contribution in [0.3, 0.4) is 0 Å². The Labute approximate surface area is 246 Å². The zero-order valence-corrected chi connectivity index (χ0v) is 27.5. The molecule has 230 valence electrons. The third-order valence-electron chi connectivity index (χ3n) is 9.08. The maximum absolute atomic E-state index is 4.97. The highest BCUT2D eigenvalue weighted by Crippen LogP contribution is 2.30. The Morgan fingerprint density at radius 1 is 0.487 bits per heavy atom. The van der Waals surface area contributed by atoms with E-state index in [2.05, 4.69) is 44.7 Å². The van der Waals surface area contributed by atoms with Crippen molar-refractivity contribution < 1.29 is 0 Å². The van der Waals surface area contributed by atoms with Gasteiger partial charge in [-0.05, 0) is 26.2 Å². The molecule has 0 spiro atoms. The second-order valence-corrected chi connectivity index (χ2v) is 12.9. The Morgan fingerprint density at radius 3 is 1.21 bits per heavy atom. The van der Waals surface area contributed by atoms with Crippen LogP contribution in [0.1, 0.15) is 225 Å². The Morgan fingerprint density at radius 2 is 0.821 bits per heavy atom. The monoisotopic (exact) mass is 545 g/mol. The molecular formula is C37H72N2. The smallest absolute Gasteiger partial charge is 0.111 e. The first-order chi connectivity index (χ1) is 19.2. The predicted octanol–water partition coefficient (Wildman–Crippen LogP) is 13.5. The number of aromatic nitrogens is 2. The van der Waals surface area contributed by atoms with E-state index in [4.69, 9.17) is 4.98 Å². The van der Waals surface area contributed by atoms with Gasteiger partial charge in [0.15, 0.2) is 0 Å². The summed E-state index contributed by atoms with van der Waals surface area (Å²) < 4.78 is 2.57. The van der Waals surface area contributed by atoms with Crippen molar-refractivity contribution in [1.82, 2.24) is 9.55 Å². The molecule has 1 aromatic heterocycles. The lowest BCUT2D eigenvalue weighted by Crippen LogP contribution is -2.13. The van der Waals surface area contributed by atoms with Crippen molar-refractivity contribution in [2.75, 3.05) is 0 Å². The number of hydrogen-bond acceptors (Lipinski definition) is 1. The minimum Gasteiger partial charge on any atom is -0.332 e. The zero-order valence-electron chi connectivity index (χ0n) is 27.5. The Bertz CT molecular complexity index is 590. The summed E-state index contributed by atoms with van der Waals surface area (Å²) in [4.78, 5) is 4.97. The molecule has 1 atom stereocenters. The van der Waals surface area contributed by atoms with Crippen LogP contribution in [0.15, 0.2) is 12.4 Å². The maximum atomic E-state index is 4.97. The molecular weight excluding hydrogens is 472 g/mol. The molecule has 0 saturated carbocycles. The molecule has 0 aliphatic heterocycles. The van der Waals surface area contributed by atoms with Crippen LogP contribution in [0.4, 0.5) is 0 Å². The van der Waals surface area contributed by atoms with Crippen molar-refractivity contribution in [3.8, 4) is 0 Å². The van der Waals surface area contributed by atoms with Crippen LogP contribution in [0, 0.1) is 0 Å². The van der Waals surface area contributed by atoms with Crippen LogP contribution in [-0.2, 0) is 0 Å². The van der Waals surface area contributed by atoms with Crippen molar-refractivity contribution in [1.29, 1.82) is 0 Å². The Hall–Kier alpha value is -0.790. The van der Waals surface area contributed by atoms with Crippen molar-refractivity contribution in [3.05, 3.63) is 18.2 Å². The van der Waals surface area contributed by atoms with Gasteiger partial charge < -0.3 is 4.57 Å². The van der Waals surface area contributed by atoms with Crippen LogP contribution in [0.25, 0.3) is 0 Å². The van der Waals surface area contributed by atoms with E-state index in [9.17, 15) is 0 Å². The summed E-state index contributed by atoms with van der Waals surface area (Å²) in [6.45, 7) is 9.38. The zero-order chi connectivity index (χ0) is 28.2. The van der Waals surface area contributed by atoms with Crippen LogP contribution >= 0.6 is 0 Å². The van der Waals surface area contributed by atoms with Crippen molar-refractivity contribution in [3.63, 3.8) is 0 Å². The molecule has 0 aromatic carbocycles. The minimum atomic E-state index is 0.590. The number of rotatable bonds is 30. The molecule has 0 bridgehead atoms. The summed E-state index contributed by atoms with van der Waals surface area (Å²) in [5.74, 6) is 2.06. The maximum Gasteiger partial charge on any atom is 0.111 e. The van der Waals surface area contributed by atoms with Gasteiger partial charge >= 0.3 is 0 Å². The molecule has 0 radical (unpaired) electrons. The van der Waals surface area contributed by atoms with E-state index in [0.717, 1.165) is 0 Å². The molecule has 0 saturated heterocycles. The van der Waals surface area contributed by atoms with E-state index in [1.165, 1.54) is 186 Å². The lowest BCUT2D eigenvalue weighted by molar-refractivity contribution is 0.412. The van der Waals surface area contributed by atoms with Crippen LogP contribution in [0.5, 0.6) is 0 Å². The molecule has 2 heteroatoms. The number of unbranched alkanes of at least 4 members (excludes halogenated alkanes) is 22. The van der Waals surface area contributed by atoms with E-state index >= 15 is 0 Å². The molecule has 0 amide bonds. The third kappa shape index (κ3) is 19.8. The SMILES string of the molecule is CCCCCCCCCCCCCCCC(C)n1ccnc1C(CCCCCCCC)CCCCCCCC. The van der Waals surface area contributed by atoms with Gasteiger partial charge in [0.25, 0.3) is 0 Å². The van der Waals surface area contributed by atoms with Gasteiger partial charge in [0.05, 0.1) is 0 Å². The lowest BCUT2D eigenvalue weighted by Gasteiger charge is -2.22. The first kappa shape index (κ1) is 36.2. The molecule has 1 unspecified atom stereocenters. The molecule has 1 heterocycles. The molecule has 1 rings (SSSR count). The summed E-state index contributed by atoms with van der Waals surface area (Å²) in [6, 6.07) is 0.590. The fraction of sp³-hybridized carbons (Fsp3) is 0.919. The summed E-state index contributed by atoms with van der Waals surface area (Å²) in [7, 11) is 0. The van der Waals surface area contributed by atoms with Crippen molar-refractivity contribution in [2.45, 2.75) is 219 Å². The van der Waals surface area contributed by atoms with Gasteiger partial charge in [0.2, 0.25) is 0 Å². The summed E-state index contributed by atoms with van der Waals surface area (Å²) in [5, 5.41) is 0. The quantitative estimate of drug-likeness (QED) is 0.0880. The highest BCUT2D eigenvalue weighted by molar-refractivity contribution is 5.02. The lowest BCUT2D eigenvalue weighted by atomic mass is 9.93. The minimum absolute atomic E-state index is 0.590. The van der Waals surface area contributed by atoms with E-state index in [1.54, 1.807) is 0 Å². The fourth-order valence-electron chi connectivity index (χ4n) is 6.35. The number of nitrogens with zero attached hydrogens (tertiary/aromatic N) is 2. The first-order valence-electron chi connectivity index (χ1n) is 18.3. The summed E-state index contributed by atoms with van der Waals surface area (Å²) in [5.41, 5.74) is 0.